The molecular formula is C37H28N8O4S2. The molecule has 0 radical (unpaired) electrons. The molecule has 0 unspecified atom stereocenters. The molecule has 4 heterocycles. The van der Waals surface area contributed by atoms with E-state index in [1.165, 1.54) is 32.9 Å². The Kier molecular flexibility index (Phi) is 9.23. The van der Waals surface area contributed by atoms with E-state index in [2.05, 4.69) is 30.6 Å². The van der Waals surface area contributed by atoms with E-state index in [4.69, 9.17) is 9.47 Å². The maximum atomic E-state index is 13.2. The van der Waals surface area contributed by atoms with Crippen molar-refractivity contribution in [2.75, 3.05) is 24.7 Å². The normalized spacial score (nSPS) is 13.4. The Balaban J connectivity index is 0.843. The number of nitrogens with zero attached hydrogens (tertiary/aromatic N) is 8. The zero-order valence-electron chi connectivity index (χ0n) is 27.0. The van der Waals surface area contributed by atoms with E-state index in [0.717, 1.165) is 34.0 Å². The van der Waals surface area contributed by atoms with E-state index in [0.29, 0.717) is 52.6 Å². The molecule has 252 valence electrons. The average Bonchev–Trinajstić information content (AvgIpc) is 3.19. The minimum atomic E-state index is -0.301. The van der Waals surface area contributed by atoms with E-state index in [1.807, 2.05) is 109 Å². The van der Waals surface area contributed by atoms with Gasteiger partial charge in [0.1, 0.15) is 11.5 Å². The summed E-state index contributed by atoms with van der Waals surface area (Å²) < 4.78 is 14.6. The van der Waals surface area contributed by atoms with Crippen LogP contribution in [0.25, 0.3) is 22.5 Å². The number of hydrogen-bond acceptors (Lipinski definition) is 12. The van der Waals surface area contributed by atoms with Gasteiger partial charge in [0.2, 0.25) is 10.3 Å². The quantitative estimate of drug-likeness (QED) is 0.168. The second-order valence-corrected chi connectivity index (χ2v) is 13.3. The molecule has 0 fully saturated rings. The molecule has 0 N–H and O–H groups in total. The average molecular weight is 713 g/mol. The van der Waals surface area contributed by atoms with Gasteiger partial charge in [-0.15, -0.1) is 20.4 Å². The number of rotatable bonds is 10. The van der Waals surface area contributed by atoms with Crippen LogP contribution < -0.4 is 20.6 Å². The molecule has 6 aromatic rings. The predicted octanol–water partition coefficient (Wildman–Crippen LogP) is 5.49. The van der Waals surface area contributed by atoms with Gasteiger partial charge in [0.05, 0.1) is 24.6 Å². The summed E-state index contributed by atoms with van der Waals surface area (Å²) in [5.41, 5.74) is 4.67. The first-order valence-corrected chi connectivity index (χ1v) is 18.1. The Bertz CT molecular complexity index is 2210. The number of ether oxygens (including phenoxy) is 2. The molecule has 8 rings (SSSR count). The fourth-order valence-corrected chi connectivity index (χ4v) is 7.08. The highest BCUT2D eigenvalue weighted by Gasteiger charge is 2.22. The lowest BCUT2D eigenvalue weighted by Gasteiger charge is -2.16. The van der Waals surface area contributed by atoms with Gasteiger partial charge < -0.3 is 9.47 Å². The van der Waals surface area contributed by atoms with Crippen molar-refractivity contribution in [2.24, 2.45) is 10.2 Å². The summed E-state index contributed by atoms with van der Waals surface area (Å²) in [6.07, 6.45) is 0.686. The molecule has 2 aliphatic heterocycles. The fourth-order valence-electron chi connectivity index (χ4n) is 5.41. The molecule has 2 aromatic heterocycles. The third-order valence-corrected chi connectivity index (χ3v) is 9.90. The van der Waals surface area contributed by atoms with Crippen molar-refractivity contribution in [1.29, 1.82) is 0 Å². The Morgan fingerprint density at radius 3 is 1.33 bits per heavy atom. The van der Waals surface area contributed by atoms with E-state index in [-0.39, 0.29) is 22.5 Å². The molecule has 51 heavy (non-hydrogen) atoms. The third-order valence-electron chi connectivity index (χ3n) is 8.04. The smallest absolute Gasteiger partial charge is 0.301 e. The van der Waals surface area contributed by atoms with Crippen LogP contribution in [-0.4, -0.2) is 65.9 Å². The van der Waals surface area contributed by atoms with Crippen LogP contribution in [0.1, 0.15) is 17.5 Å². The van der Waals surface area contributed by atoms with Crippen LogP contribution in [0.5, 0.6) is 11.5 Å². The van der Waals surface area contributed by atoms with Gasteiger partial charge in [-0.05, 0) is 59.7 Å². The minimum absolute atomic E-state index is 0.267. The number of aromatic nitrogens is 6. The van der Waals surface area contributed by atoms with Crippen LogP contribution in [0.4, 0.5) is 0 Å². The fraction of sp³-hybridized carbons (Fsp3) is 0.135. The third kappa shape index (κ3) is 6.96. The topological polar surface area (TPSA) is 139 Å². The standard InChI is InChI=1S/C37H28N8O4S2/c46-34-32(26-8-3-1-4-9-26)38-40-36-44(34)42-30(22-50-36)24-12-16-28(17-13-24)48-20-7-21-49-29-18-14-25(15-19-29)31-23-51-37-41-39-33(35(47)45(37)43-31)27-10-5-2-6-11-27/h1-6,8-19H,7,20-23H2. The van der Waals surface area contributed by atoms with Gasteiger partial charge in [0, 0.05) is 29.1 Å². The maximum absolute atomic E-state index is 13.2. The Hall–Kier alpha value is -5.86. The van der Waals surface area contributed by atoms with Crippen molar-refractivity contribution in [3.63, 3.8) is 0 Å². The molecule has 2 aliphatic rings. The van der Waals surface area contributed by atoms with Crippen LogP contribution in [0.15, 0.2) is 139 Å². The van der Waals surface area contributed by atoms with E-state index < -0.39 is 0 Å². The van der Waals surface area contributed by atoms with Crippen molar-refractivity contribution < 1.29 is 9.47 Å². The summed E-state index contributed by atoms with van der Waals surface area (Å²) >= 11 is 2.85. The molecule has 0 atom stereocenters. The highest BCUT2D eigenvalue weighted by molar-refractivity contribution is 8.00. The molecular weight excluding hydrogens is 685 g/mol. The predicted molar refractivity (Wildman–Crippen MR) is 197 cm³/mol. The van der Waals surface area contributed by atoms with Crippen LogP contribution in [0.2, 0.25) is 0 Å². The minimum Gasteiger partial charge on any atom is -0.493 e. The number of fused-ring (bicyclic) bond motifs is 2. The molecule has 4 aromatic carbocycles. The Morgan fingerprint density at radius 1 is 0.510 bits per heavy atom. The first-order valence-electron chi connectivity index (χ1n) is 16.1. The molecule has 0 amide bonds. The largest absolute Gasteiger partial charge is 0.493 e. The van der Waals surface area contributed by atoms with Gasteiger partial charge in [-0.1, -0.05) is 84.2 Å². The first kappa shape index (κ1) is 32.4. The SMILES string of the molecule is O=c1c(-c2ccccc2)nnc2n1N=C(c1ccc(OCCCOc3ccc(C4=Nn5c(nnc(-c6ccccc6)c5=O)SC4)cc3)cc1)CS2. The Morgan fingerprint density at radius 2 is 0.922 bits per heavy atom. The molecule has 0 spiro atoms. The van der Waals surface area contributed by atoms with Gasteiger partial charge in [-0.2, -0.15) is 19.6 Å². The maximum Gasteiger partial charge on any atom is 0.301 e. The summed E-state index contributed by atoms with van der Waals surface area (Å²) in [4.78, 5) is 26.3. The van der Waals surface area contributed by atoms with Crippen molar-refractivity contribution in [1.82, 2.24) is 29.7 Å². The lowest BCUT2D eigenvalue weighted by molar-refractivity contribution is 0.247. The van der Waals surface area contributed by atoms with E-state index >= 15 is 0 Å². The van der Waals surface area contributed by atoms with Gasteiger partial charge >= 0.3 is 11.1 Å². The highest BCUT2D eigenvalue weighted by Crippen LogP contribution is 2.25. The number of thioether (sulfide) groups is 2. The van der Waals surface area contributed by atoms with E-state index in [9.17, 15) is 9.59 Å². The van der Waals surface area contributed by atoms with Crippen molar-refractivity contribution in [3.8, 4) is 34.0 Å². The lowest BCUT2D eigenvalue weighted by atomic mass is 10.1. The monoisotopic (exact) mass is 712 g/mol. The van der Waals surface area contributed by atoms with Crippen molar-refractivity contribution >= 4 is 34.9 Å². The first-order chi connectivity index (χ1) is 25.1. The highest BCUT2D eigenvalue weighted by atomic mass is 32.2. The lowest BCUT2D eigenvalue weighted by Crippen LogP contribution is -2.28. The van der Waals surface area contributed by atoms with Crippen LogP contribution in [-0.2, 0) is 0 Å². The summed E-state index contributed by atoms with van der Waals surface area (Å²) in [7, 11) is 0. The summed E-state index contributed by atoms with van der Waals surface area (Å²) in [5.74, 6) is 2.61. The molecule has 0 bridgehead atoms. The zero-order valence-corrected chi connectivity index (χ0v) is 28.6. The second-order valence-electron chi connectivity index (χ2n) is 11.4. The van der Waals surface area contributed by atoms with Crippen LogP contribution >= 0.6 is 23.5 Å². The van der Waals surface area contributed by atoms with Gasteiger partial charge in [-0.3, -0.25) is 9.59 Å². The van der Waals surface area contributed by atoms with Crippen molar-refractivity contribution in [3.05, 3.63) is 141 Å². The zero-order chi connectivity index (χ0) is 34.6. The van der Waals surface area contributed by atoms with Gasteiger partial charge in [0.15, 0.2) is 11.4 Å². The molecule has 0 aliphatic carbocycles. The summed E-state index contributed by atoms with van der Waals surface area (Å²) in [5, 5.41) is 26.9. The molecule has 0 saturated heterocycles. The second kappa shape index (κ2) is 14.5. The van der Waals surface area contributed by atoms with Crippen LogP contribution in [0, 0.1) is 0 Å². The van der Waals surface area contributed by atoms with Gasteiger partial charge in [-0.25, -0.2) is 0 Å². The molecule has 12 nitrogen and oxygen atoms in total. The van der Waals surface area contributed by atoms with Crippen molar-refractivity contribution in [2.45, 2.75) is 16.7 Å². The van der Waals surface area contributed by atoms with Gasteiger partial charge in [0.25, 0.3) is 0 Å². The number of benzene rings is 4. The Labute approximate surface area is 299 Å². The molecule has 0 saturated carbocycles. The van der Waals surface area contributed by atoms with Crippen LogP contribution in [0.3, 0.4) is 0 Å². The summed E-state index contributed by atoms with van der Waals surface area (Å²) in [6.45, 7) is 0.960. The van der Waals surface area contributed by atoms with E-state index in [1.54, 1.807) is 0 Å². The summed E-state index contributed by atoms with van der Waals surface area (Å²) in [6, 6.07) is 33.9. The molecule has 14 heteroatoms. The number of hydrogen-bond donors (Lipinski definition) is 0.